The fourth-order valence-corrected chi connectivity index (χ4v) is 1.10. The Morgan fingerprint density at radius 3 is 2.65 bits per heavy atom. The Bertz CT molecular complexity index is 446. The van der Waals surface area contributed by atoms with Crippen molar-refractivity contribution in [1.29, 1.82) is 0 Å². The number of carbonyl (C=O) groups excluding carboxylic acids is 1. The van der Waals surface area contributed by atoms with E-state index in [1.165, 1.54) is 17.9 Å². The molecule has 0 bridgehead atoms. The van der Waals surface area contributed by atoms with Crippen molar-refractivity contribution in [3.8, 4) is 0 Å². The summed E-state index contributed by atoms with van der Waals surface area (Å²) in [5.74, 6) is -0.133. The zero-order valence-corrected chi connectivity index (χ0v) is 10.1. The first-order chi connectivity index (χ1) is 7.69. The van der Waals surface area contributed by atoms with Crippen LogP contribution in [-0.2, 0) is 11.8 Å². The summed E-state index contributed by atoms with van der Waals surface area (Å²) in [5.41, 5.74) is -0.952. The zero-order chi connectivity index (χ0) is 13.2. The summed E-state index contributed by atoms with van der Waals surface area (Å²) < 4.78 is 6.20. The van der Waals surface area contributed by atoms with Gasteiger partial charge in [0, 0.05) is 7.05 Å². The third-order valence-corrected chi connectivity index (χ3v) is 1.63. The Labute approximate surface area is 97.7 Å². The number of anilines is 1. The maximum atomic E-state index is 11.4. The van der Waals surface area contributed by atoms with Gasteiger partial charge in [-0.3, -0.25) is 20.1 Å². The molecule has 0 aliphatic carbocycles. The van der Waals surface area contributed by atoms with Crippen molar-refractivity contribution in [1.82, 2.24) is 9.78 Å². The lowest BCUT2D eigenvalue weighted by Crippen LogP contribution is -2.27. The average Bonchev–Trinajstić information content (AvgIpc) is 2.42. The fraction of sp³-hybridized carbons (Fsp3) is 0.556. The Morgan fingerprint density at radius 2 is 2.18 bits per heavy atom. The van der Waals surface area contributed by atoms with E-state index in [-0.39, 0.29) is 11.5 Å². The van der Waals surface area contributed by atoms with Crippen LogP contribution in [0.2, 0.25) is 0 Å². The number of hydrogen-bond donors (Lipinski definition) is 1. The number of nitro groups is 1. The van der Waals surface area contributed by atoms with Crippen LogP contribution in [0, 0.1) is 10.1 Å². The SMILES string of the molecule is Cn1cc([N+](=O)[O-])c(NC(=O)OC(C)(C)C)n1. The summed E-state index contributed by atoms with van der Waals surface area (Å²) >= 11 is 0. The molecule has 8 nitrogen and oxygen atoms in total. The standard InChI is InChI=1S/C9H14N4O4/c1-9(2,3)17-8(14)10-7-6(13(15)16)5-12(4)11-7/h5H,1-4H3,(H,10,11,14). The Hall–Kier alpha value is -2.12. The molecular weight excluding hydrogens is 228 g/mol. The molecule has 0 aliphatic heterocycles. The minimum atomic E-state index is -0.778. The van der Waals surface area contributed by atoms with Crippen molar-refractivity contribution in [3.63, 3.8) is 0 Å². The molecule has 1 aromatic heterocycles. The second kappa shape index (κ2) is 4.40. The quantitative estimate of drug-likeness (QED) is 0.628. The lowest BCUT2D eigenvalue weighted by Gasteiger charge is -2.18. The van der Waals surface area contributed by atoms with Gasteiger partial charge < -0.3 is 4.74 Å². The van der Waals surface area contributed by atoms with Crippen LogP contribution in [0.1, 0.15) is 20.8 Å². The number of nitrogens with one attached hydrogen (secondary N) is 1. The van der Waals surface area contributed by atoms with Gasteiger partial charge in [-0.1, -0.05) is 0 Å². The van der Waals surface area contributed by atoms with E-state index in [1.807, 2.05) is 0 Å². The van der Waals surface area contributed by atoms with Crippen LogP contribution in [0.3, 0.4) is 0 Å². The molecule has 1 heterocycles. The van der Waals surface area contributed by atoms with Crippen LogP contribution in [-0.4, -0.2) is 26.4 Å². The van der Waals surface area contributed by atoms with Gasteiger partial charge in [-0.05, 0) is 20.8 Å². The summed E-state index contributed by atoms with van der Waals surface area (Å²) in [6, 6.07) is 0. The number of hydrogen-bond acceptors (Lipinski definition) is 5. The van der Waals surface area contributed by atoms with Crippen LogP contribution in [0.4, 0.5) is 16.3 Å². The first-order valence-electron chi connectivity index (χ1n) is 4.87. The normalized spacial score (nSPS) is 11.1. The van der Waals surface area contributed by atoms with Crippen molar-refractivity contribution >= 4 is 17.6 Å². The van der Waals surface area contributed by atoms with Crippen LogP contribution in [0.25, 0.3) is 0 Å². The molecule has 1 amide bonds. The molecule has 0 unspecified atom stereocenters. The van der Waals surface area contributed by atoms with E-state index in [0.717, 1.165) is 0 Å². The minimum absolute atomic E-state index is 0.133. The maximum absolute atomic E-state index is 11.4. The van der Waals surface area contributed by atoms with Crippen LogP contribution in [0.5, 0.6) is 0 Å². The summed E-state index contributed by atoms with van der Waals surface area (Å²) in [4.78, 5) is 21.4. The van der Waals surface area contributed by atoms with Gasteiger partial charge in [0.05, 0.1) is 4.92 Å². The van der Waals surface area contributed by atoms with Gasteiger partial charge in [0.2, 0.25) is 5.82 Å². The molecule has 0 radical (unpaired) electrons. The molecule has 0 saturated heterocycles. The van der Waals surface area contributed by atoms with Gasteiger partial charge in [0.25, 0.3) is 0 Å². The number of aryl methyl sites for hydroxylation is 1. The molecule has 1 rings (SSSR count). The van der Waals surface area contributed by atoms with E-state index in [2.05, 4.69) is 10.4 Å². The van der Waals surface area contributed by atoms with Crippen LogP contribution in [0.15, 0.2) is 6.20 Å². The van der Waals surface area contributed by atoms with Gasteiger partial charge >= 0.3 is 11.8 Å². The first-order valence-corrected chi connectivity index (χ1v) is 4.87. The molecule has 0 saturated carbocycles. The number of nitrogens with zero attached hydrogens (tertiary/aromatic N) is 3. The van der Waals surface area contributed by atoms with Crippen LogP contribution < -0.4 is 5.32 Å². The average molecular weight is 242 g/mol. The van der Waals surface area contributed by atoms with Crippen molar-refractivity contribution in [2.45, 2.75) is 26.4 Å². The predicted octanol–water partition coefficient (Wildman–Crippen LogP) is 1.68. The van der Waals surface area contributed by atoms with Crippen molar-refractivity contribution in [2.24, 2.45) is 7.05 Å². The topological polar surface area (TPSA) is 99.3 Å². The third-order valence-electron chi connectivity index (χ3n) is 1.63. The molecule has 1 N–H and O–H groups in total. The predicted molar refractivity (Wildman–Crippen MR) is 59.7 cm³/mol. The highest BCUT2D eigenvalue weighted by Gasteiger charge is 2.23. The molecule has 0 aliphatic rings. The number of amides is 1. The number of aromatic nitrogens is 2. The Balaban J connectivity index is 2.81. The van der Waals surface area contributed by atoms with E-state index in [1.54, 1.807) is 20.8 Å². The largest absolute Gasteiger partial charge is 0.444 e. The molecule has 17 heavy (non-hydrogen) atoms. The summed E-state index contributed by atoms with van der Waals surface area (Å²) in [7, 11) is 1.52. The zero-order valence-electron chi connectivity index (χ0n) is 10.1. The fourth-order valence-electron chi connectivity index (χ4n) is 1.10. The molecule has 0 aromatic carbocycles. The van der Waals surface area contributed by atoms with E-state index in [0.29, 0.717) is 0 Å². The smallest absolute Gasteiger partial charge is 0.413 e. The van der Waals surface area contributed by atoms with E-state index in [9.17, 15) is 14.9 Å². The molecule has 0 spiro atoms. The maximum Gasteiger partial charge on any atom is 0.413 e. The Kier molecular flexibility index (Phi) is 3.35. The first kappa shape index (κ1) is 12.9. The van der Waals surface area contributed by atoms with E-state index in [4.69, 9.17) is 4.74 Å². The molecule has 94 valence electrons. The van der Waals surface area contributed by atoms with E-state index >= 15 is 0 Å². The minimum Gasteiger partial charge on any atom is -0.444 e. The summed E-state index contributed by atoms with van der Waals surface area (Å²) in [6.45, 7) is 5.08. The number of carbonyl (C=O) groups is 1. The van der Waals surface area contributed by atoms with Gasteiger partial charge in [-0.25, -0.2) is 4.79 Å². The molecule has 0 atom stereocenters. The molecule has 1 aromatic rings. The molecular formula is C9H14N4O4. The second-order valence-corrected chi connectivity index (χ2v) is 4.42. The third kappa shape index (κ3) is 3.74. The summed E-state index contributed by atoms with van der Waals surface area (Å²) in [6.07, 6.45) is 0.423. The monoisotopic (exact) mass is 242 g/mol. The van der Waals surface area contributed by atoms with E-state index < -0.39 is 16.6 Å². The highest BCUT2D eigenvalue weighted by Crippen LogP contribution is 2.22. The number of ether oxygens (including phenoxy) is 1. The lowest BCUT2D eigenvalue weighted by molar-refractivity contribution is -0.384. The highest BCUT2D eigenvalue weighted by atomic mass is 16.6. The number of rotatable bonds is 2. The van der Waals surface area contributed by atoms with Gasteiger partial charge in [0.1, 0.15) is 11.8 Å². The van der Waals surface area contributed by atoms with Crippen molar-refractivity contribution < 1.29 is 14.5 Å². The summed E-state index contributed by atoms with van der Waals surface area (Å²) in [5, 5.41) is 16.7. The lowest BCUT2D eigenvalue weighted by atomic mass is 10.2. The van der Waals surface area contributed by atoms with Crippen LogP contribution >= 0.6 is 0 Å². The van der Waals surface area contributed by atoms with Gasteiger partial charge in [-0.15, -0.1) is 5.10 Å². The Morgan fingerprint density at radius 1 is 1.59 bits per heavy atom. The molecule has 0 fully saturated rings. The highest BCUT2D eigenvalue weighted by molar-refractivity contribution is 5.86. The second-order valence-electron chi connectivity index (χ2n) is 4.42. The van der Waals surface area contributed by atoms with Crippen molar-refractivity contribution in [2.75, 3.05) is 5.32 Å². The van der Waals surface area contributed by atoms with Gasteiger partial charge in [0.15, 0.2) is 0 Å². The van der Waals surface area contributed by atoms with Gasteiger partial charge in [-0.2, -0.15) is 0 Å². The molecule has 8 heteroatoms. The van der Waals surface area contributed by atoms with Crippen molar-refractivity contribution in [3.05, 3.63) is 16.3 Å².